The van der Waals surface area contributed by atoms with Crippen molar-refractivity contribution in [3.63, 3.8) is 0 Å². The van der Waals surface area contributed by atoms with Crippen molar-refractivity contribution in [1.82, 2.24) is 0 Å². The summed E-state index contributed by atoms with van der Waals surface area (Å²) in [6.45, 7) is 4.83. The Morgan fingerprint density at radius 2 is 2.56 bits per heavy atom. The van der Waals surface area contributed by atoms with Gasteiger partial charge in [-0.3, -0.25) is 0 Å². The molecule has 0 fully saturated rings. The fraction of sp³-hybridized carbons (Fsp3) is 0.375. The van der Waals surface area contributed by atoms with Crippen LogP contribution in [0.3, 0.4) is 0 Å². The van der Waals surface area contributed by atoms with Gasteiger partial charge in [0.05, 0.1) is 0 Å². The van der Waals surface area contributed by atoms with Gasteiger partial charge in [-0.05, 0) is 5.57 Å². The molecule has 0 aromatic heterocycles. The second-order valence-corrected chi connectivity index (χ2v) is 2.33. The van der Waals surface area contributed by atoms with Crippen LogP contribution >= 0.6 is 0 Å². The molecule has 9 heavy (non-hydrogen) atoms. The van der Waals surface area contributed by atoms with E-state index in [1.54, 1.807) is 0 Å². The third-order valence-corrected chi connectivity index (χ3v) is 1.56. The van der Waals surface area contributed by atoms with Gasteiger partial charge in [-0.2, -0.15) is 0 Å². The second-order valence-electron chi connectivity index (χ2n) is 2.33. The quantitative estimate of drug-likeness (QED) is 0.460. The lowest BCUT2D eigenvalue weighted by Crippen LogP contribution is -2.12. The number of nitrogens with zero attached hydrogens (tertiary/aromatic N) is 1. The average molecular weight is 122 g/mol. The molecule has 0 bridgehead atoms. The van der Waals surface area contributed by atoms with Crippen LogP contribution in [0.5, 0.6) is 0 Å². The monoisotopic (exact) mass is 122 g/mol. The predicted octanol–water partition coefficient (Wildman–Crippen LogP) is 1.22. The van der Waals surface area contributed by atoms with E-state index >= 15 is 0 Å². The van der Waals surface area contributed by atoms with Crippen LogP contribution in [0.4, 0.5) is 0 Å². The van der Waals surface area contributed by atoms with Gasteiger partial charge in [-0.1, -0.05) is 12.7 Å². The molecule has 1 heteroatoms. The Labute approximate surface area is 56.0 Å². The lowest BCUT2D eigenvalue weighted by atomic mass is 10.1. The molecule has 1 rings (SSSR count). The maximum atomic E-state index is 3.70. The van der Waals surface area contributed by atoms with E-state index in [0.717, 1.165) is 13.0 Å². The standard InChI is InChI=1S/C8H12N/c1-3-8-4-6-9(2)7-5-8/h3-4,6H,1,5,7H2,2H3/q+1. The summed E-state index contributed by atoms with van der Waals surface area (Å²) in [7, 11) is 2.08. The van der Waals surface area contributed by atoms with E-state index in [9.17, 15) is 0 Å². The van der Waals surface area contributed by atoms with E-state index < -0.39 is 0 Å². The molecule has 1 aliphatic heterocycles. The average Bonchev–Trinajstić information content (AvgIpc) is 1.90. The number of hydrogen-bond acceptors (Lipinski definition) is 0. The third-order valence-electron chi connectivity index (χ3n) is 1.56. The lowest BCUT2D eigenvalue weighted by molar-refractivity contribution is -0.492. The van der Waals surface area contributed by atoms with Gasteiger partial charge in [0, 0.05) is 12.5 Å². The van der Waals surface area contributed by atoms with Crippen LogP contribution in [0.1, 0.15) is 6.42 Å². The maximum Gasteiger partial charge on any atom is 0.163 e. The first kappa shape index (κ1) is 6.27. The summed E-state index contributed by atoms with van der Waals surface area (Å²) < 4.78 is 2.17. The maximum absolute atomic E-state index is 3.70. The van der Waals surface area contributed by atoms with Crippen molar-refractivity contribution >= 4 is 6.21 Å². The summed E-state index contributed by atoms with van der Waals surface area (Å²) in [5.74, 6) is 0. The Balaban J connectivity index is 2.69. The van der Waals surface area contributed by atoms with Crippen LogP contribution in [0, 0.1) is 0 Å². The molecule has 1 heterocycles. The fourth-order valence-corrected chi connectivity index (χ4v) is 0.856. The zero-order valence-corrected chi connectivity index (χ0v) is 5.80. The number of rotatable bonds is 1. The molecule has 0 unspecified atom stereocenters. The van der Waals surface area contributed by atoms with Gasteiger partial charge in [-0.25, -0.2) is 4.58 Å². The first-order valence-electron chi connectivity index (χ1n) is 3.19. The third kappa shape index (κ3) is 1.53. The Morgan fingerprint density at radius 1 is 1.78 bits per heavy atom. The van der Waals surface area contributed by atoms with Gasteiger partial charge in [0.15, 0.2) is 6.21 Å². The van der Waals surface area contributed by atoms with Gasteiger partial charge in [0.1, 0.15) is 13.6 Å². The SMILES string of the molecule is C=CC1=CC=[N+](C)CC1. The highest BCUT2D eigenvalue weighted by atomic mass is 14.9. The molecule has 0 aromatic rings. The molecule has 0 spiro atoms. The van der Waals surface area contributed by atoms with E-state index in [1.165, 1.54) is 5.57 Å². The lowest BCUT2D eigenvalue weighted by Gasteiger charge is -2.02. The van der Waals surface area contributed by atoms with Gasteiger partial charge < -0.3 is 0 Å². The van der Waals surface area contributed by atoms with E-state index in [4.69, 9.17) is 0 Å². The first-order chi connectivity index (χ1) is 4.33. The summed E-state index contributed by atoms with van der Waals surface area (Å²) in [4.78, 5) is 0. The zero-order valence-electron chi connectivity index (χ0n) is 5.80. The van der Waals surface area contributed by atoms with E-state index in [1.807, 2.05) is 6.08 Å². The molecule has 48 valence electrons. The van der Waals surface area contributed by atoms with Crippen LogP contribution in [-0.2, 0) is 0 Å². The highest BCUT2D eigenvalue weighted by Crippen LogP contribution is 2.03. The molecule has 0 radical (unpaired) electrons. The summed E-state index contributed by atoms with van der Waals surface area (Å²) in [6.07, 6.45) is 7.25. The minimum atomic E-state index is 1.12. The molecule has 1 aliphatic rings. The minimum absolute atomic E-state index is 1.12. The first-order valence-corrected chi connectivity index (χ1v) is 3.19. The van der Waals surface area contributed by atoms with Gasteiger partial charge in [0.2, 0.25) is 0 Å². The van der Waals surface area contributed by atoms with Gasteiger partial charge in [0.25, 0.3) is 0 Å². The van der Waals surface area contributed by atoms with Crippen LogP contribution < -0.4 is 0 Å². The molecule has 1 nitrogen and oxygen atoms in total. The van der Waals surface area contributed by atoms with Crippen molar-refractivity contribution < 1.29 is 4.58 Å². The summed E-state index contributed by atoms with van der Waals surface area (Å²) in [5, 5.41) is 0. The van der Waals surface area contributed by atoms with Crippen LogP contribution in [-0.4, -0.2) is 24.4 Å². The number of hydrogen-bond donors (Lipinski definition) is 0. The molecule has 0 saturated carbocycles. The number of allylic oxidation sites excluding steroid dienone is 2. The highest BCUT2D eigenvalue weighted by molar-refractivity contribution is 5.69. The molecule has 0 amide bonds. The predicted molar refractivity (Wildman–Crippen MR) is 40.0 cm³/mol. The van der Waals surface area contributed by atoms with E-state index in [0.29, 0.717) is 0 Å². The Morgan fingerprint density at radius 3 is 3.00 bits per heavy atom. The normalized spacial score (nSPS) is 18.3. The van der Waals surface area contributed by atoms with Crippen LogP contribution in [0.2, 0.25) is 0 Å². The van der Waals surface area contributed by atoms with Crippen molar-refractivity contribution in [2.45, 2.75) is 6.42 Å². The van der Waals surface area contributed by atoms with E-state index in [2.05, 4.69) is 30.5 Å². The van der Waals surface area contributed by atoms with Crippen molar-refractivity contribution in [3.8, 4) is 0 Å². The Bertz CT molecular complexity index is 175. The summed E-state index contributed by atoms with van der Waals surface area (Å²) in [6, 6.07) is 0. The van der Waals surface area contributed by atoms with Crippen molar-refractivity contribution in [1.29, 1.82) is 0 Å². The van der Waals surface area contributed by atoms with Crippen LogP contribution in [0.15, 0.2) is 24.3 Å². The molecule has 0 atom stereocenters. The molecule has 0 saturated heterocycles. The second kappa shape index (κ2) is 2.62. The molecule has 0 N–H and O–H groups in total. The van der Waals surface area contributed by atoms with Crippen molar-refractivity contribution in [3.05, 3.63) is 24.3 Å². The Kier molecular flexibility index (Phi) is 1.83. The fourth-order valence-electron chi connectivity index (χ4n) is 0.856. The Hall–Kier alpha value is -0.850. The molecular weight excluding hydrogens is 110 g/mol. The van der Waals surface area contributed by atoms with Gasteiger partial charge >= 0.3 is 0 Å². The van der Waals surface area contributed by atoms with Crippen LogP contribution in [0.25, 0.3) is 0 Å². The highest BCUT2D eigenvalue weighted by Gasteiger charge is 2.02. The molecule has 0 aliphatic carbocycles. The smallest absolute Gasteiger partial charge is 0.163 e. The van der Waals surface area contributed by atoms with Crippen molar-refractivity contribution in [2.24, 2.45) is 0 Å². The van der Waals surface area contributed by atoms with Crippen molar-refractivity contribution in [2.75, 3.05) is 13.6 Å². The van der Waals surface area contributed by atoms with E-state index in [-0.39, 0.29) is 0 Å². The van der Waals surface area contributed by atoms with Gasteiger partial charge in [-0.15, -0.1) is 0 Å². The zero-order chi connectivity index (χ0) is 6.69. The largest absolute Gasteiger partial charge is 0.238 e. The molecular formula is C8H12N+. The molecule has 0 aromatic carbocycles. The summed E-state index contributed by atoms with van der Waals surface area (Å²) >= 11 is 0. The topological polar surface area (TPSA) is 3.01 Å². The minimum Gasteiger partial charge on any atom is -0.238 e. The summed E-state index contributed by atoms with van der Waals surface area (Å²) in [5.41, 5.74) is 1.34.